The van der Waals surface area contributed by atoms with E-state index in [4.69, 9.17) is 24.2 Å². The largest absolute Gasteiger partial charge is 1.00 e. The van der Waals surface area contributed by atoms with Crippen LogP contribution in [-0.2, 0) is 14.2 Å². The summed E-state index contributed by atoms with van der Waals surface area (Å²) in [5, 5.41) is 0. The molecule has 0 radical (unpaired) electrons. The van der Waals surface area contributed by atoms with Crippen LogP contribution >= 0.6 is 0 Å². The number of hydrogen-bond acceptors (Lipinski definition) is 5. The van der Waals surface area contributed by atoms with Gasteiger partial charge in [-0.2, -0.15) is 11.4 Å². The normalized spacial score (nSPS) is 16.4. The van der Waals surface area contributed by atoms with Crippen LogP contribution in [0.3, 0.4) is 0 Å². The van der Waals surface area contributed by atoms with Gasteiger partial charge in [-0.15, -0.1) is 0 Å². The summed E-state index contributed by atoms with van der Waals surface area (Å²) in [5.74, 6) is 0. The third-order valence-electron chi connectivity index (χ3n) is 7.64. The van der Waals surface area contributed by atoms with Gasteiger partial charge in [0.2, 0.25) is 0 Å². The first-order valence-corrected chi connectivity index (χ1v) is 22.8. The van der Waals surface area contributed by atoms with Crippen molar-refractivity contribution in [1.82, 2.24) is 9.13 Å². The molecule has 0 spiro atoms. The monoisotopic (exact) mass is 651 g/mol. The molecule has 0 atom stereocenters. The SMILES string of the molecule is C1CCOC1.C1CCOC1.C1CCOC1.CC(C)N(C(C)C)[Si](C)(C)[N-]c1ccccc1[N-][Si](C)(C)N(C(C)C)C(C)C.[Li+].[Li+]. The van der Waals surface area contributed by atoms with Crippen LogP contribution in [0.4, 0.5) is 11.4 Å². The molecule has 0 aliphatic carbocycles. The van der Waals surface area contributed by atoms with E-state index >= 15 is 0 Å². The molecular weight excluding hydrogens is 582 g/mol. The molecular formula is C34H68Li2N4O3Si2. The number of benzene rings is 1. The topological polar surface area (TPSA) is 62.4 Å². The second-order valence-corrected chi connectivity index (χ2v) is 21.3. The van der Waals surface area contributed by atoms with Crippen molar-refractivity contribution in [3.05, 3.63) is 34.2 Å². The predicted molar refractivity (Wildman–Crippen MR) is 192 cm³/mol. The van der Waals surface area contributed by atoms with E-state index in [0.717, 1.165) is 51.0 Å². The molecule has 3 fully saturated rings. The average Bonchev–Trinajstić information content (AvgIpc) is 3.71. The van der Waals surface area contributed by atoms with Crippen molar-refractivity contribution in [1.29, 1.82) is 0 Å². The van der Waals surface area contributed by atoms with E-state index < -0.39 is 16.8 Å². The molecule has 1 aromatic carbocycles. The van der Waals surface area contributed by atoms with Crippen molar-refractivity contribution in [3.8, 4) is 0 Å². The van der Waals surface area contributed by atoms with Gasteiger partial charge in [-0.1, -0.05) is 106 Å². The molecule has 7 nitrogen and oxygen atoms in total. The van der Waals surface area contributed by atoms with Gasteiger partial charge in [0.1, 0.15) is 0 Å². The van der Waals surface area contributed by atoms with Crippen LogP contribution in [0.25, 0.3) is 9.96 Å². The van der Waals surface area contributed by atoms with Gasteiger partial charge < -0.3 is 33.3 Å². The zero-order valence-corrected chi connectivity index (χ0v) is 34.1. The van der Waals surface area contributed by atoms with Crippen LogP contribution in [0.15, 0.2) is 24.3 Å². The summed E-state index contributed by atoms with van der Waals surface area (Å²) >= 11 is 0. The molecule has 0 N–H and O–H groups in total. The summed E-state index contributed by atoms with van der Waals surface area (Å²) in [6, 6.07) is 10.4. The number of nitrogens with zero attached hydrogens (tertiary/aromatic N) is 4. The zero-order chi connectivity index (χ0) is 32.5. The molecule has 11 heteroatoms. The van der Waals surface area contributed by atoms with Gasteiger partial charge in [0.05, 0.1) is 0 Å². The van der Waals surface area contributed by atoms with Crippen molar-refractivity contribution in [2.24, 2.45) is 0 Å². The molecule has 3 heterocycles. The Morgan fingerprint density at radius 3 is 0.867 bits per heavy atom. The Balaban J connectivity index is 0. The quantitative estimate of drug-likeness (QED) is 0.362. The van der Waals surface area contributed by atoms with Gasteiger partial charge >= 0.3 is 37.7 Å². The maximum atomic E-state index is 5.34. The number of ether oxygens (including phenoxy) is 3. The Kier molecular flexibility index (Phi) is 26.6. The van der Waals surface area contributed by atoms with Crippen molar-refractivity contribution in [2.45, 2.75) is 144 Å². The third kappa shape index (κ3) is 19.1. The summed E-state index contributed by atoms with van der Waals surface area (Å²) in [4.78, 5) is 10.7. The molecule has 45 heavy (non-hydrogen) atoms. The summed E-state index contributed by atoms with van der Waals surface area (Å²) in [7, 11) is -3.95. The Labute approximate surface area is 305 Å². The average molecular weight is 651 g/mol. The van der Waals surface area contributed by atoms with Crippen LogP contribution < -0.4 is 37.7 Å². The molecule has 0 unspecified atom stereocenters. The number of hydrogen-bond donors (Lipinski definition) is 0. The van der Waals surface area contributed by atoms with Crippen molar-refractivity contribution >= 4 is 28.2 Å². The Morgan fingerprint density at radius 1 is 0.489 bits per heavy atom. The molecule has 0 saturated carbocycles. The van der Waals surface area contributed by atoms with Crippen molar-refractivity contribution in [2.75, 3.05) is 39.6 Å². The van der Waals surface area contributed by atoms with Gasteiger partial charge in [-0.25, -0.2) is 0 Å². The number of rotatable bonds is 10. The molecule has 1 aromatic rings. The van der Waals surface area contributed by atoms with Gasteiger partial charge in [0.15, 0.2) is 0 Å². The first-order chi connectivity index (χ1) is 20.2. The molecule has 3 aliphatic heterocycles. The van der Waals surface area contributed by atoms with Gasteiger partial charge in [-0.3, -0.25) is 0 Å². The minimum Gasteiger partial charge on any atom is -0.676 e. The zero-order valence-electron chi connectivity index (χ0n) is 32.1. The van der Waals surface area contributed by atoms with Crippen LogP contribution in [0.5, 0.6) is 0 Å². The van der Waals surface area contributed by atoms with E-state index in [1.807, 2.05) is 0 Å². The Bertz CT molecular complexity index is 737. The fourth-order valence-corrected chi connectivity index (χ4v) is 13.5. The van der Waals surface area contributed by atoms with E-state index in [0.29, 0.717) is 24.2 Å². The maximum Gasteiger partial charge on any atom is 1.00 e. The van der Waals surface area contributed by atoms with E-state index in [1.165, 1.54) is 38.5 Å². The molecule has 3 aliphatic rings. The smallest absolute Gasteiger partial charge is 0.676 e. The van der Waals surface area contributed by atoms with Crippen LogP contribution in [0.1, 0.15) is 93.9 Å². The van der Waals surface area contributed by atoms with Crippen LogP contribution in [-0.4, -0.2) is 89.7 Å². The van der Waals surface area contributed by atoms with Crippen LogP contribution in [0, 0.1) is 0 Å². The van der Waals surface area contributed by atoms with Crippen LogP contribution in [0.2, 0.25) is 26.2 Å². The minimum absolute atomic E-state index is 0. The maximum absolute atomic E-state index is 5.34. The standard InChI is InChI=1S/C22H44N4Si2.3C4H8O.2Li/c1-17(2)25(18(3)4)27(9,10)23-21-15-13-14-16-22(21)24-28(11,12)26(19(5)6)20(7)8;3*1-2-4-5-3-1;;/h13-20H,1-12H3;3*1-4H2;;/q-2;;;;2*+1. The van der Waals surface area contributed by atoms with E-state index in [-0.39, 0.29) is 37.7 Å². The summed E-state index contributed by atoms with van der Waals surface area (Å²) < 4.78 is 20.0. The van der Waals surface area contributed by atoms with Gasteiger partial charge in [0, 0.05) is 56.4 Å². The van der Waals surface area contributed by atoms with E-state index in [9.17, 15) is 0 Å². The van der Waals surface area contributed by atoms with Gasteiger partial charge in [0.25, 0.3) is 0 Å². The molecule has 0 aromatic heterocycles. The molecule has 0 bridgehead atoms. The van der Waals surface area contributed by atoms with Crippen molar-refractivity contribution in [3.63, 3.8) is 0 Å². The van der Waals surface area contributed by atoms with E-state index in [1.54, 1.807) is 0 Å². The van der Waals surface area contributed by atoms with E-state index in [2.05, 4.69) is 115 Å². The second-order valence-electron chi connectivity index (χ2n) is 13.8. The minimum atomic E-state index is -1.98. The summed E-state index contributed by atoms with van der Waals surface area (Å²) in [6.45, 7) is 33.6. The molecule has 0 amide bonds. The summed E-state index contributed by atoms with van der Waals surface area (Å²) in [5.41, 5.74) is 2.11. The third-order valence-corrected chi connectivity index (χ3v) is 13.8. The molecule has 252 valence electrons. The predicted octanol–water partition coefficient (Wildman–Crippen LogP) is 3.74. The molecule has 4 rings (SSSR count). The first kappa shape index (κ1) is 47.4. The molecule has 3 saturated heterocycles. The Hall–Kier alpha value is 0.249. The van der Waals surface area contributed by atoms with Crippen molar-refractivity contribution < 1.29 is 51.9 Å². The fraction of sp³-hybridized carbons (Fsp3) is 0.824. The summed E-state index contributed by atoms with van der Waals surface area (Å²) in [6.07, 6.45) is 7.67. The fourth-order valence-electron chi connectivity index (χ4n) is 6.61. The van der Waals surface area contributed by atoms with Gasteiger partial charge in [-0.05, 0) is 62.7 Å². The first-order valence-electron chi connectivity index (χ1n) is 17.1. The Morgan fingerprint density at radius 2 is 0.711 bits per heavy atom. The second kappa shape index (κ2) is 25.3.